The Hall–Kier alpha value is -2.11. The van der Waals surface area contributed by atoms with Crippen molar-refractivity contribution in [3.63, 3.8) is 0 Å². The van der Waals surface area contributed by atoms with Crippen LogP contribution in [0.5, 0.6) is 0 Å². The Morgan fingerprint density at radius 2 is 2.45 bits per heavy atom. The average Bonchev–Trinajstić information content (AvgIpc) is 3.04. The Labute approximate surface area is 117 Å². The van der Waals surface area contributed by atoms with Crippen molar-refractivity contribution in [1.29, 1.82) is 0 Å². The molecule has 20 heavy (non-hydrogen) atoms. The number of imidazole rings is 1. The Balaban J connectivity index is 1.47. The first-order valence-corrected chi connectivity index (χ1v) is 6.97. The van der Waals surface area contributed by atoms with Crippen LogP contribution in [0.3, 0.4) is 0 Å². The topological polar surface area (TPSA) is 64.7 Å². The van der Waals surface area contributed by atoms with Crippen LogP contribution >= 0.6 is 0 Å². The van der Waals surface area contributed by atoms with Gasteiger partial charge in [-0.25, -0.2) is 4.98 Å². The maximum absolute atomic E-state index is 12.0. The molecule has 1 amide bonds. The van der Waals surface area contributed by atoms with Crippen molar-refractivity contribution in [2.24, 2.45) is 7.05 Å². The highest BCUT2D eigenvalue weighted by atomic mass is 16.1. The summed E-state index contributed by atoms with van der Waals surface area (Å²) >= 11 is 0. The largest absolute Gasteiger partial charge is 0.352 e. The van der Waals surface area contributed by atoms with Crippen LogP contribution in [-0.4, -0.2) is 31.3 Å². The summed E-state index contributed by atoms with van der Waals surface area (Å²) in [6.45, 7) is 0.827. The van der Waals surface area contributed by atoms with E-state index in [0.717, 1.165) is 37.2 Å². The number of hydrogen-bond acceptors (Lipinski definition) is 3. The third-order valence-corrected chi connectivity index (χ3v) is 3.70. The lowest BCUT2D eigenvalue weighted by atomic mass is 10.1. The summed E-state index contributed by atoms with van der Waals surface area (Å²) in [6, 6.07) is 0.220. The van der Waals surface area contributed by atoms with E-state index in [1.165, 1.54) is 0 Å². The zero-order chi connectivity index (χ0) is 13.9. The van der Waals surface area contributed by atoms with Gasteiger partial charge in [-0.3, -0.25) is 9.48 Å². The molecule has 3 heterocycles. The molecule has 0 radical (unpaired) electrons. The summed E-state index contributed by atoms with van der Waals surface area (Å²) < 4.78 is 3.88. The lowest BCUT2D eigenvalue weighted by Crippen LogP contribution is -2.40. The highest BCUT2D eigenvalue weighted by molar-refractivity contribution is 5.76. The van der Waals surface area contributed by atoms with Crippen molar-refractivity contribution in [1.82, 2.24) is 24.6 Å². The Morgan fingerprint density at radius 3 is 3.25 bits per heavy atom. The van der Waals surface area contributed by atoms with Crippen molar-refractivity contribution < 1.29 is 4.79 Å². The third kappa shape index (κ3) is 2.89. The molecule has 3 rings (SSSR count). The minimum Gasteiger partial charge on any atom is -0.352 e. The number of nitrogens with zero attached hydrogens (tertiary/aromatic N) is 4. The molecule has 0 aromatic carbocycles. The SMILES string of the molecule is Cn1cc(CCC(=O)NC2CCc3nccn3C2)cn1. The van der Waals surface area contributed by atoms with Crippen LogP contribution in [0.2, 0.25) is 0 Å². The van der Waals surface area contributed by atoms with Crippen LogP contribution in [0.1, 0.15) is 24.2 Å². The molecule has 0 bridgehead atoms. The number of carbonyl (C=O) groups is 1. The molecule has 1 N–H and O–H groups in total. The molecule has 1 aliphatic rings. The summed E-state index contributed by atoms with van der Waals surface area (Å²) in [5, 5.41) is 7.22. The van der Waals surface area contributed by atoms with Crippen LogP contribution in [-0.2, 0) is 31.2 Å². The second kappa shape index (κ2) is 5.48. The van der Waals surface area contributed by atoms with Gasteiger partial charge in [0.2, 0.25) is 5.91 Å². The molecule has 0 fully saturated rings. The Kier molecular flexibility index (Phi) is 3.54. The van der Waals surface area contributed by atoms with Gasteiger partial charge < -0.3 is 9.88 Å². The van der Waals surface area contributed by atoms with Gasteiger partial charge >= 0.3 is 0 Å². The van der Waals surface area contributed by atoms with Gasteiger partial charge in [0.15, 0.2) is 0 Å². The van der Waals surface area contributed by atoms with Crippen molar-refractivity contribution in [3.05, 3.63) is 36.2 Å². The van der Waals surface area contributed by atoms with Crippen LogP contribution < -0.4 is 5.32 Å². The van der Waals surface area contributed by atoms with Crippen LogP contribution in [0.4, 0.5) is 0 Å². The molecular weight excluding hydrogens is 254 g/mol. The first kappa shape index (κ1) is 12.9. The molecule has 1 unspecified atom stereocenters. The number of amides is 1. The highest BCUT2D eigenvalue weighted by Gasteiger charge is 2.20. The molecule has 1 aliphatic heterocycles. The molecule has 0 saturated carbocycles. The molecule has 6 nitrogen and oxygen atoms in total. The molecule has 1 atom stereocenters. The number of hydrogen-bond donors (Lipinski definition) is 1. The van der Waals surface area contributed by atoms with Crippen LogP contribution in [0.25, 0.3) is 0 Å². The van der Waals surface area contributed by atoms with Crippen molar-refractivity contribution in [3.8, 4) is 0 Å². The molecule has 106 valence electrons. The molecule has 2 aromatic rings. The molecule has 0 spiro atoms. The van der Waals surface area contributed by atoms with Gasteiger partial charge in [-0.05, 0) is 18.4 Å². The van der Waals surface area contributed by atoms with Gasteiger partial charge in [0.25, 0.3) is 0 Å². The second-order valence-corrected chi connectivity index (χ2v) is 5.32. The van der Waals surface area contributed by atoms with E-state index in [1.807, 2.05) is 31.8 Å². The van der Waals surface area contributed by atoms with Gasteiger partial charge in [0, 0.05) is 51.1 Å². The quantitative estimate of drug-likeness (QED) is 0.891. The predicted molar refractivity (Wildman–Crippen MR) is 74.0 cm³/mol. The molecule has 0 aliphatic carbocycles. The average molecular weight is 273 g/mol. The van der Waals surface area contributed by atoms with Gasteiger partial charge in [0.05, 0.1) is 6.20 Å². The normalized spacial score (nSPS) is 17.8. The summed E-state index contributed by atoms with van der Waals surface area (Å²) in [5.74, 6) is 1.23. The standard InChI is InChI=1S/C14H19N5O/c1-18-9-11(8-16-18)2-5-14(20)17-12-3-4-13-15-6-7-19(13)10-12/h6-9,12H,2-5,10H2,1H3,(H,17,20). The van der Waals surface area contributed by atoms with E-state index in [4.69, 9.17) is 0 Å². The van der Waals surface area contributed by atoms with Gasteiger partial charge in [0.1, 0.15) is 5.82 Å². The number of fused-ring (bicyclic) bond motifs is 1. The zero-order valence-corrected chi connectivity index (χ0v) is 11.6. The van der Waals surface area contributed by atoms with Crippen molar-refractivity contribution in [2.75, 3.05) is 0 Å². The van der Waals surface area contributed by atoms with Crippen LogP contribution in [0.15, 0.2) is 24.8 Å². The number of carbonyl (C=O) groups excluding carboxylic acids is 1. The smallest absolute Gasteiger partial charge is 0.220 e. The Bertz CT molecular complexity index is 600. The highest BCUT2D eigenvalue weighted by Crippen LogP contribution is 2.13. The Morgan fingerprint density at radius 1 is 1.55 bits per heavy atom. The summed E-state index contributed by atoms with van der Waals surface area (Å²) in [7, 11) is 1.88. The van der Waals surface area contributed by atoms with Gasteiger partial charge in [-0.2, -0.15) is 5.10 Å². The predicted octanol–water partition coefficient (Wildman–Crippen LogP) is 0.680. The van der Waals surface area contributed by atoms with E-state index in [0.29, 0.717) is 6.42 Å². The number of aryl methyl sites for hydroxylation is 3. The molecular formula is C14H19N5O. The van der Waals surface area contributed by atoms with Crippen LogP contribution in [0, 0.1) is 0 Å². The summed E-state index contributed by atoms with van der Waals surface area (Å²) in [6.07, 6.45) is 10.7. The van der Waals surface area contributed by atoms with E-state index < -0.39 is 0 Å². The van der Waals surface area contributed by atoms with Gasteiger partial charge in [-0.1, -0.05) is 0 Å². The first-order chi connectivity index (χ1) is 9.70. The maximum Gasteiger partial charge on any atom is 0.220 e. The number of rotatable bonds is 4. The second-order valence-electron chi connectivity index (χ2n) is 5.32. The fourth-order valence-electron chi connectivity index (χ4n) is 2.64. The van der Waals surface area contributed by atoms with E-state index in [2.05, 4.69) is 20.0 Å². The zero-order valence-electron chi connectivity index (χ0n) is 11.6. The van der Waals surface area contributed by atoms with E-state index in [1.54, 1.807) is 4.68 Å². The number of aromatic nitrogens is 4. The van der Waals surface area contributed by atoms with E-state index >= 15 is 0 Å². The maximum atomic E-state index is 12.0. The first-order valence-electron chi connectivity index (χ1n) is 6.97. The fourth-order valence-corrected chi connectivity index (χ4v) is 2.64. The fraction of sp³-hybridized carbons (Fsp3) is 0.500. The van der Waals surface area contributed by atoms with E-state index in [9.17, 15) is 4.79 Å². The monoisotopic (exact) mass is 273 g/mol. The van der Waals surface area contributed by atoms with Crippen molar-refractivity contribution >= 4 is 5.91 Å². The van der Waals surface area contributed by atoms with E-state index in [-0.39, 0.29) is 11.9 Å². The minimum atomic E-state index is 0.113. The van der Waals surface area contributed by atoms with Gasteiger partial charge in [-0.15, -0.1) is 0 Å². The number of nitrogens with one attached hydrogen (secondary N) is 1. The van der Waals surface area contributed by atoms with Crippen molar-refractivity contribution in [2.45, 2.75) is 38.3 Å². The third-order valence-electron chi connectivity index (χ3n) is 3.70. The summed E-state index contributed by atoms with van der Waals surface area (Å²) in [4.78, 5) is 16.3. The molecule has 2 aromatic heterocycles. The lowest BCUT2D eigenvalue weighted by Gasteiger charge is -2.24. The summed E-state index contributed by atoms with van der Waals surface area (Å²) in [5.41, 5.74) is 1.10. The molecule has 6 heteroatoms. The lowest BCUT2D eigenvalue weighted by molar-refractivity contribution is -0.122. The minimum absolute atomic E-state index is 0.113. The molecule has 0 saturated heterocycles.